The number of amides is 1. The molecule has 1 atom stereocenters. The lowest BCUT2D eigenvalue weighted by Gasteiger charge is -2.29. The summed E-state index contributed by atoms with van der Waals surface area (Å²) in [6, 6.07) is 16.9. The van der Waals surface area contributed by atoms with Crippen molar-refractivity contribution in [2.24, 2.45) is 0 Å². The third-order valence-corrected chi connectivity index (χ3v) is 3.86. The summed E-state index contributed by atoms with van der Waals surface area (Å²) in [5.41, 5.74) is 0.796. The van der Waals surface area contributed by atoms with Crippen LogP contribution in [0.1, 0.15) is 18.1 Å². The van der Waals surface area contributed by atoms with Gasteiger partial charge in [0, 0.05) is 4.47 Å². The Labute approximate surface area is 138 Å². The topological polar surface area (TPSA) is 58.6 Å². The van der Waals surface area contributed by atoms with Crippen LogP contribution >= 0.6 is 15.9 Å². The molecule has 0 aliphatic heterocycles. The second kappa shape index (κ2) is 7.42. The highest BCUT2D eigenvalue weighted by molar-refractivity contribution is 9.10. The van der Waals surface area contributed by atoms with Gasteiger partial charge < -0.3 is 15.2 Å². The van der Waals surface area contributed by atoms with E-state index in [0.29, 0.717) is 0 Å². The zero-order valence-electron chi connectivity index (χ0n) is 12.3. The number of nitrogens with one attached hydrogen (secondary N) is 1. The summed E-state index contributed by atoms with van der Waals surface area (Å²) in [4.78, 5) is 12.0. The first kappa shape index (κ1) is 16.5. The first-order valence-electron chi connectivity index (χ1n) is 6.89. The molecule has 0 saturated heterocycles. The van der Waals surface area contributed by atoms with Gasteiger partial charge in [0.1, 0.15) is 6.61 Å². The van der Waals surface area contributed by atoms with Crippen molar-refractivity contribution in [1.29, 1.82) is 0 Å². The van der Waals surface area contributed by atoms with Crippen LogP contribution in [0.5, 0.6) is 0 Å². The third-order valence-electron chi connectivity index (χ3n) is 3.37. The lowest BCUT2D eigenvalue weighted by atomic mass is 9.93. The molecule has 0 bridgehead atoms. The second-order valence-electron chi connectivity index (χ2n) is 5.19. The Morgan fingerprint density at radius 3 is 2.59 bits per heavy atom. The maximum Gasteiger partial charge on any atom is 0.408 e. The van der Waals surface area contributed by atoms with Gasteiger partial charge in [0.2, 0.25) is 0 Å². The summed E-state index contributed by atoms with van der Waals surface area (Å²) in [5, 5.41) is 12.4. The molecule has 22 heavy (non-hydrogen) atoms. The van der Waals surface area contributed by atoms with Crippen molar-refractivity contribution in [3.8, 4) is 0 Å². The van der Waals surface area contributed by atoms with Gasteiger partial charge in [0.05, 0.1) is 12.1 Å². The zero-order chi connectivity index (χ0) is 16.0. The Kier molecular flexibility index (Phi) is 5.57. The highest BCUT2D eigenvalue weighted by Gasteiger charge is 2.28. The minimum absolute atomic E-state index is 0.187. The van der Waals surface area contributed by atoms with Crippen LogP contribution in [-0.2, 0) is 16.9 Å². The number of halogens is 1. The van der Waals surface area contributed by atoms with Gasteiger partial charge in [0.15, 0.2) is 0 Å². The van der Waals surface area contributed by atoms with Gasteiger partial charge in [-0.25, -0.2) is 4.79 Å². The van der Waals surface area contributed by atoms with Crippen LogP contribution in [0.25, 0.3) is 0 Å². The lowest BCUT2D eigenvalue weighted by molar-refractivity contribution is 0.111. The molecule has 2 rings (SSSR count). The molecule has 0 aromatic heterocycles. The number of carbonyl (C=O) groups excluding carboxylic acids is 1. The number of aliphatic hydroxyl groups is 1. The Bertz CT molecular complexity index is 633. The van der Waals surface area contributed by atoms with E-state index >= 15 is 0 Å². The van der Waals surface area contributed by atoms with Gasteiger partial charge in [0.25, 0.3) is 0 Å². The van der Waals surface area contributed by atoms with Crippen LogP contribution < -0.4 is 5.32 Å². The summed E-state index contributed by atoms with van der Waals surface area (Å²) in [6.45, 7) is 1.70. The predicted octanol–water partition coefficient (Wildman–Crippen LogP) is 3.58. The molecule has 2 N–H and O–H groups in total. The molecule has 0 fully saturated rings. The summed E-state index contributed by atoms with van der Waals surface area (Å²) in [6.07, 6.45) is -0.569. The maximum atomic E-state index is 12.0. The Balaban J connectivity index is 2.01. The second-order valence-corrected chi connectivity index (χ2v) is 6.10. The van der Waals surface area contributed by atoms with Crippen molar-refractivity contribution in [3.05, 3.63) is 70.2 Å². The van der Waals surface area contributed by atoms with Crippen molar-refractivity contribution in [3.63, 3.8) is 0 Å². The van der Waals surface area contributed by atoms with E-state index in [9.17, 15) is 9.90 Å². The predicted molar refractivity (Wildman–Crippen MR) is 88.3 cm³/mol. The molecule has 0 saturated carbocycles. The minimum Gasteiger partial charge on any atom is -0.445 e. The summed E-state index contributed by atoms with van der Waals surface area (Å²) in [7, 11) is 0. The van der Waals surface area contributed by atoms with Gasteiger partial charge in [-0.1, -0.05) is 58.4 Å². The molecule has 2 aromatic carbocycles. The fraction of sp³-hybridized carbons (Fsp3) is 0.235. The van der Waals surface area contributed by atoms with E-state index in [-0.39, 0.29) is 13.2 Å². The van der Waals surface area contributed by atoms with Gasteiger partial charge in [-0.05, 0) is 30.2 Å². The maximum absolute atomic E-state index is 12.0. The first-order valence-corrected chi connectivity index (χ1v) is 7.68. The number of alkyl carbamates (subject to hydrolysis) is 1. The normalized spacial score (nSPS) is 13.2. The SMILES string of the molecule is CC(CO)(NC(=O)OCc1ccccc1)c1cccc(Br)c1. The van der Waals surface area contributed by atoms with Crippen LogP contribution in [0.4, 0.5) is 4.79 Å². The lowest BCUT2D eigenvalue weighted by Crippen LogP contribution is -2.46. The largest absolute Gasteiger partial charge is 0.445 e. The van der Waals surface area contributed by atoms with Crippen LogP contribution in [0.15, 0.2) is 59.1 Å². The fourth-order valence-corrected chi connectivity index (χ4v) is 2.42. The van der Waals surface area contributed by atoms with Crippen LogP contribution in [0.2, 0.25) is 0 Å². The van der Waals surface area contributed by atoms with E-state index in [1.54, 1.807) is 6.92 Å². The third kappa shape index (κ3) is 4.32. The smallest absolute Gasteiger partial charge is 0.408 e. The standard InChI is InChI=1S/C17H18BrNO3/c1-17(12-20,14-8-5-9-15(18)10-14)19-16(21)22-11-13-6-3-2-4-7-13/h2-10,20H,11-12H2,1H3,(H,19,21). The van der Waals surface area contributed by atoms with E-state index in [0.717, 1.165) is 15.6 Å². The number of rotatable bonds is 5. The van der Waals surface area contributed by atoms with Crippen molar-refractivity contribution in [2.45, 2.75) is 19.1 Å². The number of benzene rings is 2. The van der Waals surface area contributed by atoms with E-state index < -0.39 is 11.6 Å². The average molecular weight is 364 g/mol. The van der Waals surface area contributed by atoms with Gasteiger partial charge >= 0.3 is 6.09 Å². The van der Waals surface area contributed by atoms with Crippen LogP contribution in [-0.4, -0.2) is 17.8 Å². The molecular formula is C17H18BrNO3. The molecule has 2 aromatic rings. The van der Waals surface area contributed by atoms with Crippen LogP contribution in [0, 0.1) is 0 Å². The molecule has 4 nitrogen and oxygen atoms in total. The molecule has 116 valence electrons. The van der Waals surface area contributed by atoms with Gasteiger partial charge in [-0.3, -0.25) is 0 Å². The highest BCUT2D eigenvalue weighted by Crippen LogP contribution is 2.23. The Morgan fingerprint density at radius 2 is 1.95 bits per heavy atom. The number of hydrogen-bond donors (Lipinski definition) is 2. The summed E-state index contributed by atoms with van der Waals surface area (Å²) >= 11 is 3.39. The number of aliphatic hydroxyl groups excluding tert-OH is 1. The van der Waals surface area contributed by atoms with E-state index in [1.165, 1.54) is 0 Å². The van der Waals surface area contributed by atoms with Gasteiger partial charge in [-0.2, -0.15) is 0 Å². The fourth-order valence-electron chi connectivity index (χ4n) is 2.02. The van der Waals surface area contributed by atoms with Crippen LogP contribution in [0.3, 0.4) is 0 Å². The van der Waals surface area contributed by atoms with E-state index in [4.69, 9.17) is 4.74 Å². The van der Waals surface area contributed by atoms with E-state index in [1.807, 2.05) is 54.6 Å². The van der Waals surface area contributed by atoms with Crippen molar-refractivity contribution in [2.75, 3.05) is 6.61 Å². The van der Waals surface area contributed by atoms with Gasteiger partial charge in [-0.15, -0.1) is 0 Å². The molecule has 5 heteroatoms. The average Bonchev–Trinajstić information content (AvgIpc) is 2.54. The molecular weight excluding hydrogens is 346 g/mol. The summed E-state index contributed by atoms with van der Waals surface area (Å²) in [5.74, 6) is 0. The Morgan fingerprint density at radius 1 is 1.23 bits per heavy atom. The molecule has 1 amide bonds. The minimum atomic E-state index is -0.905. The monoisotopic (exact) mass is 363 g/mol. The van der Waals surface area contributed by atoms with Crippen molar-refractivity contribution < 1.29 is 14.6 Å². The molecule has 1 unspecified atom stereocenters. The van der Waals surface area contributed by atoms with E-state index in [2.05, 4.69) is 21.2 Å². The highest BCUT2D eigenvalue weighted by atomic mass is 79.9. The molecule has 0 heterocycles. The van der Waals surface area contributed by atoms with Crippen molar-refractivity contribution >= 4 is 22.0 Å². The zero-order valence-corrected chi connectivity index (χ0v) is 13.8. The number of carbonyl (C=O) groups is 1. The molecule has 0 aliphatic carbocycles. The Hall–Kier alpha value is -1.85. The molecule has 0 radical (unpaired) electrons. The first-order chi connectivity index (χ1) is 10.5. The summed E-state index contributed by atoms with van der Waals surface area (Å²) < 4.78 is 6.08. The number of ether oxygens (including phenoxy) is 1. The molecule has 0 aliphatic rings. The quantitative estimate of drug-likeness (QED) is 0.853. The van der Waals surface area contributed by atoms with Crippen molar-refractivity contribution in [1.82, 2.24) is 5.32 Å². The number of hydrogen-bond acceptors (Lipinski definition) is 3. The molecule has 0 spiro atoms.